The van der Waals surface area contributed by atoms with E-state index < -0.39 is 41.9 Å². The summed E-state index contributed by atoms with van der Waals surface area (Å²) in [6.45, 7) is 5.14. The molecule has 188 valence electrons. The number of hydrogen-bond donors (Lipinski definition) is 2. The van der Waals surface area contributed by atoms with Crippen LogP contribution >= 0.6 is 11.8 Å². The van der Waals surface area contributed by atoms with E-state index in [9.17, 15) is 23.2 Å². The van der Waals surface area contributed by atoms with Crippen LogP contribution in [-0.4, -0.2) is 53.3 Å². The number of nitrogens with zero attached hydrogens (tertiary/aromatic N) is 1. The van der Waals surface area contributed by atoms with Gasteiger partial charge in [0.1, 0.15) is 17.0 Å². The topological polar surface area (TPSA) is 97.0 Å². The summed E-state index contributed by atoms with van der Waals surface area (Å²) >= 11 is 1.18. The van der Waals surface area contributed by atoms with E-state index in [1.165, 1.54) is 22.8 Å². The Labute approximate surface area is 206 Å². The number of ether oxygens (including phenoxy) is 2. The number of Topliss-reactive ketones (excluding diaryl/α,β-unsaturated/α-hetero) is 1. The summed E-state index contributed by atoms with van der Waals surface area (Å²) in [5.74, 6) is -3.79. The minimum absolute atomic E-state index is 0.148. The standard InChI is InChI=1S/C24H27F2N3O5S/c1-23(2,3)34-22(32)28-29-12-35-20-16(21(31)27-17-11-24(17,25)26)10-14(19(30)18(20)29)9-13-5-7-15(33-4)8-6-13/h5-8,10,14,17H,9,11-12H2,1-4H3,(H,27,31)(H,28,32)/t14?,17-/m1/s1. The lowest BCUT2D eigenvalue weighted by molar-refractivity contribution is -0.120. The molecule has 4 rings (SSSR count). The lowest BCUT2D eigenvalue weighted by Crippen LogP contribution is -2.45. The third kappa shape index (κ3) is 5.61. The molecule has 35 heavy (non-hydrogen) atoms. The summed E-state index contributed by atoms with van der Waals surface area (Å²) in [5.41, 5.74) is 2.95. The normalized spacial score (nSPS) is 22.9. The highest BCUT2D eigenvalue weighted by molar-refractivity contribution is 8.03. The first-order valence-electron chi connectivity index (χ1n) is 11.1. The van der Waals surface area contributed by atoms with E-state index in [1.54, 1.807) is 40.0 Å². The first-order chi connectivity index (χ1) is 16.4. The fourth-order valence-corrected chi connectivity index (χ4v) is 4.93. The van der Waals surface area contributed by atoms with Crippen LogP contribution in [0.25, 0.3) is 0 Å². The fourth-order valence-electron chi connectivity index (χ4n) is 3.81. The van der Waals surface area contributed by atoms with Crippen LogP contribution in [0.1, 0.15) is 32.8 Å². The monoisotopic (exact) mass is 507 g/mol. The molecule has 3 aliphatic rings. The Bertz CT molecular complexity index is 1110. The van der Waals surface area contributed by atoms with Gasteiger partial charge in [-0.05, 0) is 44.9 Å². The lowest BCUT2D eigenvalue weighted by atomic mass is 9.86. The minimum atomic E-state index is -2.92. The zero-order valence-corrected chi connectivity index (χ0v) is 20.6. The Morgan fingerprint density at radius 1 is 1.23 bits per heavy atom. The van der Waals surface area contributed by atoms with Crippen molar-refractivity contribution in [1.29, 1.82) is 0 Å². The van der Waals surface area contributed by atoms with Gasteiger partial charge in [0.2, 0.25) is 0 Å². The number of hydrazine groups is 1. The van der Waals surface area contributed by atoms with Crippen LogP contribution in [0.15, 0.2) is 46.5 Å². The fraction of sp³-hybridized carbons (Fsp3) is 0.458. The molecule has 2 aliphatic carbocycles. The average Bonchev–Trinajstić information content (AvgIpc) is 3.15. The van der Waals surface area contributed by atoms with Gasteiger partial charge < -0.3 is 14.8 Å². The molecule has 8 nitrogen and oxygen atoms in total. The molecule has 0 saturated heterocycles. The second-order valence-electron chi connectivity index (χ2n) is 9.59. The van der Waals surface area contributed by atoms with Crippen LogP contribution in [0.5, 0.6) is 5.75 Å². The van der Waals surface area contributed by atoms with Crippen molar-refractivity contribution in [3.05, 3.63) is 52.1 Å². The molecule has 2 amide bonds. The number of amides is 2. The summed E-state index contributed by atoms with van der Waals surface area (Å²) in [4.78, 5) is 39.2. The molecular formula is C24H27F2N3O5S. The van der Waals surface area contributed by atoms with Crippen molar-refractivity contribution in [3.8, 4) is 5.75 Å². The van der Waals surface area contributed by atoms with Crippen molar-refractivity contribution in [1.82, 2.24) is 15.8 Å². The quantitative estimate of drug-likeness (QED) is 0.608. The Morgan fingerprint density at radius 2 is 1.89 bits per heavy atom. The number of alkyl halides is 2. The summed E-state index contributed by atoms with van der Waals surface area (Å²) in [5, 5.41) is 3.72. The van der Waals surface area contributed by atoms with Crippen molar-refractivity contribution >= 4 is 29.5 Å². The molecule has 0 aromatic heterocycles. The number of nitrogens with one attached hydrogen (secondary N) is 2. The predicted octanol–water partition coefficient (Wildman–Crippen LogP) is 3.54. The number of carbonyl (C=O) groups is 3. The molecule has 1 heterocycles. The molecule has 1 aromatic carbocycles. The number of carbonyl (C=O) groups excluding carboxylic acids is 3. The smallest absolute Gasteiger partial charge is 0.426 e. The number of ketones is 1. The maximum absolute atomic E-state index is 13.5. The minimum Gasteiger partial charge on any atom is -0.497 e. The van der Waals surface area contributed by atoms with Crippen LogP contribution in [0.2, 0.25) is 0 Å². The number of thioether (sulfide) groups is 1. The molecule has 2 atom stereocenters. The summed E-state index contributed by atoms with van der Waals surface area (Å²) in [7, 11) is 1.55. The van der Waals surface area contributed by atoms with Crippen LogP contribution in [0.3, 0.4) is 0 Å². The van der Waals surface area contributed by atoms with E-state index in [1.807, 2.05) is 12.1 Å². The molecule has 1 aliphatic heterocycles. The van der Waals surface area contributed by atoms with E-state index in [0.717, 1.165) is 5.56 Å². The molecule has 1 aromatic rings. The zero-order chi connectivity index (χ0) is 25.5. The SMILES string of the molecule is COc1ccc(CC2C=C(C(=O)N[C@@H]3CC3(F)F)C3=C(C2=O)N(NC(=O)OC(C)(C)C)CS3)cc1. The maximum atomic E-state index is 13.5. The van der Waals surface area contributed by atoms with Gasteiger partial charge in [-0.25, -0.2) is 19.0 Å². The molecule has 1 fully saturated rings. The van der Waals surface area contributed by atoms with E-state index in [4.69, 9.17) is 9.47 Å². The highest BCUT2D eigenvalue weighted by Crippen LogP contribution is 2.44. The Morgan fingerprint density at radius 3 is 2.46 bits per heavy atom. The Kier molecular flexibility index (Phi) is 6.56. The molecule has 11 heteroatoms. The third-order valence-electron chi connectivity index (χ3n) is 5.62. The van der Waals surface area contributed by atoms with Gasteiger partial charge in [-0.15, -0.1) is 0 Å². The van der Waals surface area contributed by atoms with Crippen LogP contribution in [0.4, 0.5) is 13.6 Å². The van der Waals surface area contributed by atoms with Gasteiger partial charge in [0.25, 0.3) is 11.8 Å². The number of benzene rings is 1. The number of rotatable bonds is 6. The first-order valence-corrected chi connectivity index (χ1v) is 12.1. The number of halogens is 2. The number of allylic oxidation sites excluding steroid dienone is 2. The van der Waals surface area contributed by atoms with Crippen molar-refractivity contribution in [2.45, 2.75) is 51.2 Å². The van der Waals surface area contributed by atoms with Crippen molar-refractivity contribution < 1.29 is 32.6 Å². The van der Waals surface area contributed by atoms with Crippen molar-refractivity contribution in [2.75, 3.05) is 13.0 Å². The molecular weight excluding hydrogens is 480 g/mol. The van der Waals surface area contributed by atoms with Crippen LogP contribution in [0, 0.1) is 5.92 Å². The molecule has 1 unspecified atom stereocenters. The molecule has 0 spiro atoms. The highest BCUT2D eigenvalue weighted by Gasteiger charge is 2.58. The van der Waals surface area contributed by atoms with Gasteiger partial charge in [0.15, 0.2) is 5.78 Å². The molecule has 0 bridgehead atoms. The molecule has 1 saturated carbocycles. The van der Waals surface area contributed by atoms with E-state index in [2.05, 4.69) is 10.7 Å². The predicted molar refractivity (Wildman–Crippen MR) is 125 cm³/mol. The van der Waals surface area contributed by atoms with Gasteiger partial charge in [0, 0.05) is 12.3 Å². The Hall–Kier alpha value is -3.08. The van der Waals surface area contributed by atoms with Crippen molar-refractivity contribution in [2.24, 2.45) is 5.92 Å². The van der Waals surface area contributed by atoms with Crippen molar-refractivity contribution in [3.63, 3.8) is 0 Å². The van der Waals surface area contributed by atoms with Gasteiger partial charge in [-0.3, -0.25) is 14.6 Å². The van der Waals surface area contributed by atoms with E-state index >= 15 is 0 Å². The van der Waals surface area contributed by atoms with Crippen LogP contribution in [-0.2, 0) is 20.7 Å². The number of hydrogen-bond acceptors (Lipinski definition) is 7. The van der Waals surface area contributed by atoms with Gasteiger partial charge in [0.05, 0.1) is 29.5 Å². The second kappa shape index (κ2) is 9.18. The van der Waals surface area contributed by atoms with Gasteiger partial charge in [-0.1, -0.05) is 30.0 Å². The van der Waals surface area contributed by atoms with E-state index in [-0.39, 0.29) is 29.4 Å². The maximum Gasteiger partial charge on any atom is 0.426 e. The summed E-state index contributed by atoms with van der Waals surface area (Å²) < 4.78 is 37.3. The second-order valence-corrected chi connectivity index (χ2v) is 10.5. The third-order valence-corrected chi connectivity index (χ3v) is 6.71. The largest absolute Gasteiger partial charge is 0.497 e. The average molecular weight is 508 g/mol. The molecule has 2 N–H and O–H groups in total. The summed E-state index contributed by atoms with van der Waals surface area (Å²) in [6.07, 6.45) is 0.655. The zero-order valence-electron chi connectivity index (χ0n) is 19.8. The van der Waals surface area contributed by atoms with Crippen LogP contribution < -0.4 is 15.5 Å². The first kappa shape index (κ1) is 25.0. The highest BCUT2D eigenvalue weighted by atomic mass is 32.2. The summed E-state index contributed by atoms with van der Waals surface area (Å²) in [6, 6.07) is 5.94. The Balaban J connectivity index is 1.61. The lowest BCUT2D eigenvalue weighted by Gasteiger charge is -2.28. The van der Waals surface area contributed by atoms with Gasteiger partial charge in [-0.2, -0.15) is 0 Å². The number of methoxy groups -OCH3 is 1. The van der Waals surface area contributed by atoms with Gasteiger partial charge >= 0.3 is 6.09 Å². The van der Waals surface area contributed by atoms with E-state index in [0.29, 0.717) is 10.7 Å². The molecule has 0 radical (unpaired) electrons.